The predicted octanol–water partition coefficient (Wildman–Crippen LogP) is 5.81. The molecule has 0 radical (unpaired) electrons. The smallest absolute Gasteiger partial charge is 0.337 e. The molecule has 1 saturated heterocycles. The average molecular weight is 453 g/mol. The summed E-state index contributed by atoms with van der Waals surface area (Å²) >= 11 is 7.27. The highest BCUT2D eigenvalue weighted by Crippen LogP contribution is 2.31. The summed E-state index contributed by atoms with van der Waals surface area (Å²) < 4.78 is 5.80. The molecular weight excluding hydrogens is 436 g/mol. The number of halogens is 1. The number of hydrogen-bond donors (Lipinski definition) is 2. The minimum atomic E-state index is -1.09. The van der Waals surface area contributed by atoms with Crippen LogP contribution in [0.5, 0.6) is 0 Å². The Hall–Kier alpha value is -3.29. The highest BCUT2D eigenvalue weighted by molar-refractivity contribution is 8.18. The normalized spacial score (nSPS) is 16.2. The van der Waals surface area contributed by atoms with Crippen molar-refractivity contribution >= 4 is 52.2 Å². The fourth-order valence-electron chi connectivity index (χ4n) is 3.17. The maximum Gasteiger partial charge on any atom is 0.337 e. The lowest BCUT2D eigenvalue weighted by Crippen LogP contribution is -2.19. The van der Waals surface area contributed by atoms with Crippen molar-refractivity contribution in [2.24, 2.45) is 4.99 Å². The first-order valence-electron chi connectivity index (χ1n) is 9.29. The molecule has 0 unspecified atom stereocenters. The Morgan fingerprint density at radius 1 is 1.13 bits per heavy atom. The molecule has 8 heteroatoms. The van der Waals surface area contributed by atoms with Crippen LogP contribution in [0.4, 0.5) is 5.69 Å². The van der Waals surface area contributed by atoms with Gasteiger partial charge in [0.05, 0.1) is 21.2 Å². The van der Waals surface area contributed by atoms with Gasteiger partial charge in [-0.15, -0.1) is 0 Å². The third-order valence-corrected chi connectivity index (χ3v) is 5.69. The van der Waals surface area contributed by atoms with Crippen LogP contribution in [0.15, 0.2) is 62.8 Å². The molecule has 1 amide bonds. The second-order valence-electron chi connectivity index (χ2n) is 7.03. The van der Waals surface area contributed by atoms with E-state index in [1.54, 1.807) is 24.3 Å². The van der Waals surface area contributed by atoms with Crippen LogP contribution in [0.3, 0.4) is 0 Å². The van der Waals surface area contributed by atoms with Gasteiger partial charge in [0.1, 0.15) is 11.5 Å². The number of amides is 1. The molecule has 6 nitrogen and oxygen atoms in total. The van der Waals surface area contributed by atoms with Crippen LogP contribution in [0, 0.1) is 13.8 Å². The highest BCUT2D eigenvalue weighted by Gasteiger charge is 2.24. The molecule has 4 rings (SSSR count). The number of carbonyl (C=O) groups is 2. The lowest BCUT2D eigenvalue weighted by Gasteiger charge is -2.01. The van der Waals surface area contributed by atoms with Gasteiger partial charge in [0.15, 0.2) is 5.17 Å². The Bertz CT molecular complexity index is 1260. The minimum absolute atomic E-state index is 0.0222. The zero-order valence-electron chi connectivity index (χ0n) is 16.6. The lowest BCUT2D eigenvalue weighted by atomic mass is 10.1. The van der Waals surface area contributed by atoms with E-state index in [2.05, 4.69) is 16.4 Å². The van der Waals surface area contributed by atoms with E-state index < -0.39 is 5.97 Å². The number of thioether (sulfide) groups is 1. The van der Waals surface area contributed by atoms with Gasteiger partial charge in [-0.05, 0) is 73.1 Å². The van der Waals surface area contributed by atoms with Crippen molar-refractivity contribution in [2.45, 2.75) is 13.8 Å². The molecule has 2 heterocycles. The minimum Gasteiger partial charge on any atom is -0.478 e. The molecule has 0 saturated carbocycles. The maximum atomic E-state index is 12.3. The fraction of sp³-hybridized carbons (Fsp3) is 0.0870. The van der Waals surface area contributed by atoms with Crippen molar-refractivity contribution in [1.82, 2.24) is 5.32 Å². The standard InChI is InChI=1S/C23H17ClN2O4S/c1-12-7-13(2)9-15(8-12)25-23-26-21(27)20(31-23)11-16-4-6-19(30-16)14-3-5-17(22(28)29)18(24)10-14/h3-11H,1-2H3,(H,28,29)(H,25,26,27)/b20-11+. The SMILES string of the molecule is Cc1cc(C)cc(N=C2NC(=O)/C(=C\c3ccc(-c4ccc(C(=O)O)c(Cl)c4)o3)S2)c1. The Morgan fingerprint density at radius 2 is 1.87 bits per heavy atom. The van der Waals surface area contributed by atoms with Crippen LogP contribution in [0.1, 0.15) is 27.2 Å². The molecule has 1 aromatic heterocycles. The Labute approximate surface area is 187 Å². The zero-order chi connectivity index (χ0) is 22.1. The summed E-state index contributed by atoms with van der Waals surface area (Å²) in [4.78, 5) is 28.4. The van der Waals surface area contributed by atoms with Crippen LogP contribution in [-0.2, 0) is 4.79 Å². The summed E-state index contributed by atoms with van der Waals surface area (Å²) in [5, 5.41) is 12.5. The molecule has 0 aliphatic carbocycles. The van der Waals surface area contributed by atoms with Gasteiger partial charge in [-0.1, -0.05) is 23.7 Å². The van der Waals surface area contributed by atoms with Gasteiger partial charge in [0.25, 0.3) is 5.91 Å². The number of furan rings is 1. The van der Waals surface area contributed by atoms with E-state index in [1.165, 1.54) is 23.9 Å². The van der Waals surface area contributed by atoms with Crippen molar-refractivity contribution in [3.05, 3.63) is 80.9 Å². The number of carbonyl (C=O) groups excluding carboxylic acids is 1. The quantitative estimate of drug-likeness (QED) is 0.487. The molecule has 31 heavy (non-hydrogen) atoms. The Morgan fingerprint density at radius 3 is 2.55 bits per heavy atom. The van der Waals surface area contributed by atoms with Crippen LogP contribution in [0.25, 0.3) is 17.4 Å². The first-order valence-corrected chi connectivity index (χ1v) is 10.5. The Balaban J connectivity index is 1.55. The number of nitrogens with zero attached hydrogens (tertiary/aromatic N) is 1. The molecule has 0 spiro atoms. The number of hydrogen-bond acceptors (Lipinski definition) is 5. The number of nitrogens with one attached hydrogen (secondary N) is 1. The average Bonchev–Trinajstić information content (AvgIpc) is 3.27. The molecule has 2 aromatic carbocycles. The van der Waals surface area contributed by atoms with Crippen molar-refractivity contribution < 1.29 is 19.1 Å². The molecule has 2 N–H and O–H groups in total. The third-order valence-electron chi connectivity index (χ3n) is 4.47. The number of aromatic carboxylic acids is 1. The summed E-state index contributed by atoms with van der Waals surface area (Å²) in [6.07, 6.45) is 1.64. The lowest BCUT2D eigenvalue weighted by molar-refractivity contribution is -0.115. The maximum absolute atomic E-state index is 12.3. The number of amidine groups is 1. The van der Waals surface area contributed by atoms with Crippen molar-refractivity contribution in [3.63, 3.8) is 0 Å². The van der Waals surface area contributed by atoms with Gasteiger partial charge in [0.2, 0.25) is 0 Å². The largest absolute Gasteiger partial charge is 0.478 e. The summed E-state index contributed by atoms with van der Waals surface area (Å²) in [6, 6.07) is 14.0. The first-order chi connectivity index (χ1) is 14.8. The molecule has 3 aromatic rings. The number of aryl methyl sites for hydroxylation is 2. The second-order valence-corrected chi connectivity index (χ2v) is 8.47. The van der Waals surface area contributed by atoms with Crippen LogP contribution in [0.2, 0.25) is 5.02 Å². The number of rotatable bonds is 4. The second kappa shape index (κ2) is 8.45. The molecule has 1 fully saturated rings. The van der Waals surface area contributed by atoms with E-state index in [0.717, 1.165) is 16.8 Å². The van der Waals surface area contributed by atoms with Crippen molar-refractivity contribution in [3.8, 4) is 11.3 Å². The summed E-state index contributed by atoms with van der Waals surface area (Å²) in [5.74, 6) is -0.346. The molecular formula is C23H17ClN2O4S. The van der Waals surface area contributed by atoms with Crippen LogP contribution >= 0.6 is 23.4 Å². The third kappa shape index (κ3) is 4.73. The molecule has 0 bridgehead atoms. The van der Waals surface area contributed by atoms with Crippen molar-refractivity contribution in [1.29, 1.82) is 0 Å². The van der Waals surface area contributed by atoms with Gasteiger partial charge in [-0.2, -0.15) is 0 Å². The number of carboxylic acids is 1. The topological polar surface area (TPSA) is 91.9 Å². The van der Waals surface area contributed by atoms with Gasteiger partial charge in [-0.3, -0.25) is 4.79 Å². The summed E-state index contributed by atoms with van der Waals surface area (Å²) in [5.41, 5.74) is 3.64. The van der Waals surface area contributed by atoms with E-state index in [4.69, 9.17) is 21.1 Å². The molecule has 156 valence electrons. The van der Waals surface area contributed by atoms with Gasteiger partial charge in [0, 0.05) is 11.6 Å². The number of benzene rings is 2. The molecule has 0 atom stereocenters. The Kier molecular flexibility index (Phi) is 5.71. The van der Waals surface area contributed by atoms with E-state index >= 15 is 0 Å². The summed E-state index contributed by atoms with van der Waals surface area (Å²) in [6.45, 7) is 4.00. The fourth-order valence-corrected chi connectivity index (χ4v) is 4.25. The number of aliphatic imine (C=N–C) groups is 1. The van der Waals surface area contributed by atoms with Gasteiger partial charge in [-0.25, -0.2) is 9.79 Å². The van der Waals surface area contributed by atoms with Gasteiger partial charge < -0.3 is 14.8 Å². The highest BCUT2D eigenvalue weighted by atomic mass is 35.5. The predicted molar refractivity (Wildman–Crippen MR) is 123 cm³/mol. The van der Waals surface area contributed by atoms with E-state index in [1.807, 2.05) is 26.0 Å². The van der Waals surface area contributed by atoms with E-state index in [-0.39, 0.29) is 16.5 Å². The van der Waals surface area contributed by atoms with Crippen LogP contribution in [-0.4, -0.2) is 22.2 Å². The monoisotopic (exact) mass is 452 g/mol. The summed E-state index contributed by atoms with van der Waals surface area (Å²) in [7, 11) is 0. The van der Waals surface area contributed by atoms with Crippen LogP contribution < -0.4 is 5.32 Å². The van der Waals surface area contributed by atoms with E-state index in [0.29, 0.717) is 27.2 Å². The van der Waals surface area contributed by atoms with Gasteiger partial charge >= 0.3 is 5.97 Å². The molecule has 1 aliphatic rings. The first kappa shape index (κ1) is 21.0. The number of carboxylic acid groups (broad SMARTS) is 1. The zero-order valence-corrected chi connectivity index (χ0v) is 18.2. The molecule has 1 aliphatic heterocycles. The van der Waals surface area contributed by atoms with Crippen molar-refractivity contribution in [2.75, 3.05) is 0 Å². The van der Waals surface area contributed by atoms with E-state index in [9.17, 15) is 9.59 Å².